The van der Waals surface area contributed by atoms with E-state index in [0.29, 0.717) is 46.0 Å². The van der Waals surface area contributed by atoms with Crippen LogP contribution < -0.4 is 10.9 Å². The highest BCUT2D eigenvalue weighted by Gasteiger charge is 2.23. The Morgan fingerprint density at radius 2 is 2.11 bits per heavy atom. The highest BCUT2D eigenvalue weighted by Crippen LogP contribution is 2.26. The molecule has 2 aromatic heterocycles. The molecule has 3 amide bonds. The van der Waals surface area contributed by atoms with Gasteiger partial charge in [0.15, 0.2) is 0 Å². The summed E-state index contributed by atoms with van der Waals surface area (Å²) in [6.07, 6.45) is 5.09. The summed E-state index contributed by atoms with van der Waals surface area (Å²) < 4.78 is 1.61. The van der Waals surface area contributed by atoms with E-state index in [9.17, 15) is 14.4 Å². The predicted molar refractivity (Wildman–Crippen MR) is 106 cm³/mol. The van der Waals surface area contributed by atoms with Crippen molar-refractivity contribution >= 4 is 39.3 Å². The number of aryl methyl sites for hydroxylation is 2. The number of nitrogens with zero attached hydrogens (tertiary/aromatic N) is 4. The predicted octanol–water partition coefficient (Wildman–Crippen LogP) is 2.54. The normalized spacial score (nSPS) is 14.6. The van der Waals surface area contributed by atoms with E-state index in [4.69, 9.17) is 0 Å². The fourth-order valence-electron chi connectivity index (χ4n) is 2.97. The molecular formula is C18H23N5O3S. The van der Waals surface area contributed by atoms with Crippen LogP contribution in [0.4, 0.5) is 4.79 Å². The van der Waals surface area contributed by atoms with Crippen LogP contribution in [-0.2, 0) is 6.54 Å². The molecule has 27 heavy (non-hydrogen) atoms. The summed E-state index contributed by atoms with van der Waals surface area (Å²) in [5.74, 6) is -0.00609. The Morgan fingerprint density at radius 3 is 2.81 bits per heavy atom. The van der Waals surface area contributed by atoms with Gasteiger partial charge in [-0.25, -0.2) is 9.78 Å². The molecule has 0 bridgehead atoms. The number of aliphatic imine (C=N–C) groups is 1. The molecule has 1 aliphatic heterocycles. The van der Waals surface area contributed by atoms with Crippen LogP contribution in [0.3, 0.4) is 0 Å². The van der Waals surface area contributed by atoms with Crippen LogP contribution in [0.1, 0.15) is 47.8 Å². The average Bonchev–Trinajstić information content (AvgIpc) is 2.98. The van der Waals surface area contributed by atoms with Gasteiger partial charge in [0.2, 0.25) is 0 Å². The van der Waals surface area contributed by atoms with Crippen LogP contribution in [-0.4, -0.2) is 45.8 Å². The third-order valence-corrected chi connectivity index (χ3v) is 5.82. The molecule has 0 fully saturated rings. The smallest absolute Gasteiger partial charge is 0.325 e. The molecule has 0 saturated heterocycles. The number of unbranched alkanes of at least 4 members (excludes halogenated alkanes) is 2. The Balaban J connectivity index is 1.87. The second-order valence-corrected chi connectivity index (χ2v) is 7.65. The summed E-state index contributed by atoms with van der Waals surface area (Å²) in [4.78, 5) is 47.8. The molecule has 0 atom stereocenters. The van der Waals surface area contributed by atoms with Gasteiger partial charge >= 0.3 is 6.03 Å². The van der Waals surface area contributed by atoms with Crippen LogP contribution in [0.5, 0.6) is 0 Å². The summed E-state index contributed by atoms with van der Waals surface area (Å²) in [5, 5.41) is 3.19. The number of rotatable bonds is 5. The maximum atomic E-state index is 12.8. The van der Waals surface area contributed by atoms with Gasteiger partial charge in [0.05, 0.1) is 16.6 Å². The Kier molecular flexibility index (Phi) is 5.69. The van der Waals surface area contributed by atoms with E-state index in [1.54, 1.807) is 24.9 Å². The van der Waals surface area contributed by atoms with E-state index in [2.05, 4.69) is 22.2 Å². The van der Waals surface area contributed by atoms with Crippen LogP contribution in [0.2, 0.25) is 0 Å². The van der Waals surface area contributed by atoms with Crippen molar-refractivity contribution in [1.29, 1.82) is 0 Å². The number of carbonyl (C=O) groups excluding carboxylic acids is 2. The van der Waals surface area contributed by atoms with Gasteiger partial charge in [-0.15, -0.1) is 11.3 Å². The highest BCUT2D eigenvalue weighted by molar-refractivity contribution is 7.20. The minimum atomic E-state index is -0.374. The molecule has 9 heteroatoms. The summed E-state index contributed by atoms with van der Waals surface area (Å²) in [5.41, 5.74) is 0.505. The lowest BCUT2D eigenvalue weighted by molar-refractivity contribution is 0.0979. The number of carbonyl (C=O) groups is 2. The molecule has 0 saturated carbocycles. The molecule has 3 heterocycles. The molecule has 144 valence electrons. The lowest BCUT2D eigenvalue weighted by Gasteiger charge is -2.20. The maximum absolute atomic E-state index is 12.8. The van der Waals surface area contributed by atoms with Crippen molar-refractivity contribution in [1.82, 2.24) is 19.8 Å². The average molecular weight is 389 g/mol. The molecule has 0 spiro atoms. The minimum absolute atomic E-state index is 0.115. The molecule has 1 N–H and O–H groups in total. The molecule has 3 rings (SSSR count). The van der Waals surface area contributed by atoms with Crippen LogP contribution in [0.25, 0.3) is 10.2 Å². The minimum Gasteiger partial charge on any atom is -0.325 e. The molecule has 8 nitrogen and oxygen atoms in total. The fourth-order valence-corrected chi connectivity index (χ4v) is 4.01. The van der Waals surface area contributed by atoms with Crippen LogP contribution in [0, 0.1) is 6.92 Å². The van der Waals surface area contributed by atoms with Gasteiger partial charge in [-0.05, 0) is 18.9 Å². The number of hydrogen-bond donors (Lipinski definition) is 1. The first-order chi connectivity index (χ1) is 12.9. The van der Waals surface area contributed by atoms with Crippen molar-refractivity contribution in [3.63, 3.8) is 0 Å². The van der Waals surface area contributed by atoms with E-state index >= 15 is 0 Å². The first-order valence-corrected chi connectivity index (χ1v) is 9.86. The van der Waals surface area contributed by atoms with Crippen molar-refractivity contribution < 1.29 is 9.59 Å². The zero-order valence-corrected chi connectivity index (χ0v) is 16.6. The molecule has 0 unspecified atom stereocenters. The Labute approximate surface area is 160 Å². The van der Waals surface area contributed by atoms with E-state index in [1.165, 1.54) is 16.2 Å². The number of amidine groups is 1. The number of thiophene rings is 1. The van der Waals surface area contributed by atoms with E-state index in [1.807, 2.05) is 0 Å². The van der Waals surface area contributed by atoms with Gasteiger partial charge < -0.3 is 10.2 Å². The van der Waals surface area contributed by atoms with Crippen molar-refractivity contribution in [2.24, 2.45) is 4.99 Å². The zero-order valence-electron chi connectivity index (χ0n) is 15.7. The topological polar surface area (TPSA) is 96.7 Å². The summed E-state index contributed by atoms with van der Waals surface area (Å²) in [6.45, 7) is 5.00. The number of urea groups is 1. The van der Waals surface area contributed by atoms with Crippen LogP contribution in [0.15, 0.2) is 16.1 Å². The molecular weight excluding hydrogens is 366 g/mol. The quantitative estimate of drug-likeness (QED) is 0.795. The zero-order chi connectivity index (χ0) is 19.6. The second-order valence-electron chi connectivity index (χ2n) is 6.65. The fraction of sp³-hybridized carbons (Fsp3) is 0.500. The SMILES string of the molecule is CCCCCn1cnc2sc(C(=O)NC3=NC(=O)N(C)CC3)c(C)c2c1=O. The number of aromatic nitrogens is 2. The Hall–Kier alpha value is -2.55. The summed E-state index contributed by atoms with van der Waals surface area (Å²) in [6, 6.07) is -0.374. The molecule has 0 aliphatic carbocycles. The Morgan fingerprint density at radius 1 is 1.33 bits per heavy atom. The first kappa shape index (κ1) is 19.2. The summed E-state index contributed by atoms with van der Waals surface area (Å²) in [7, 11) is 1.66. The monoisotopic (exact) mass is 389 g/mol. The third kappa shape index (κ3) is 3.92. The molecule has 0 radical (unpaired) electrons. The van der Waals surface area contributed by atoms with Gasteiger partial charge in [0, 0.05) is 26.6 Å². The second kappa shape index (κ2) is 7.99. The van der Waals surface area contributed by atoms with Crippen LogP contribution >= 0.6 is 11.3 Å². The lowest BCUT2D eigenvalue weighted by Crippen LogP contribution is -2.39. The van der Waals surface area contributed by atoms with E-state index in [-0.39, 0.29) is 17.5 Å². The van der Waals surface area contributed by atoms with Crippen molar-refractivity contribution in [2.45, 2.75) is 46.1 Å². The van der Waals surface area contributed by atoms with Crippen molar-refractivity contribution in [3.8, 4) is 0 Å². The van der Waals surface area contributed by atoms with E-state index < -0.39 is 0 Å². The highest BCUT2D eigenvalue weighted by atomic mass is 32.1. The number of nitrogens with one attached hydrogen (secondary N) is 1. The summed E-state index contributed by atoms with van der Waals surface area (Å²) >= 11 is 1.19. The van der Waals surface area contributed by atoms with Crippen molar-refractivity contribution in [3.05, 3.63) is 27.1 Å². The standard InChI is InChI=1S/C18H23N5O3S/c1-4-5-6-8-23-10-19-16-13(17(23)25)11(2)14(27-16)15(24)20-12-7-9-22(3)18(26)21-12/h10H,4-9H2,1-3H3,(H,20,21,24,26). The van der Waals surface area contributed by atoms with Gasteiger partial charge in [0.25, 0.3) is 11.5 Å². The Bertz CT molecular complexity index is 975. The van der Waals surface area contributed by atoms with E-state index in [0.717, 1.165) is 19.3 Å². The number of hydrogen-bond acceptors (Lipinski definition) is 5. The van der Waals surface area contributed by atoms with Gasteiger partial charge in [-0.1, -0.05) is 19.8 Å². The maximum Gasteiger partial charge on any atom is 0.344 e. The first-order valence-electron chi connectivity index (χ1n) is 9.05. The third-order valence-electron chi connectivity index (χ3n) is 4.63. The molecule has 2 aromatic rings. The van der Waals surface area contributed by atoms with Gasteiger partial charge in [-0.2, -0.15) is 4.99 Å². The van der Waals surface area contributed by atoms with Gasteiger partial charge in [-0.3, -0.25) is 14.2 Å². The van der Waals surface area contributed by atoms with Gasteiger partial charge in [0.1, 0.15) is 10.7 Å². The lowest BCUT2D eigenvalue weighted by atomic mass is 10.2. The number of amides is 3. The number of fused-ring (bicyclic) bond motifs is 1. The largest absolute Gasteiger partial charge is 0.344 e. The molecule has 1 aliphatic rings. The van der Waals surface area contributed by atoms with Crippen molar-refractivity contribution in [2.75, 3.05) is 13.6 Å². The molecule has 0 aromatic carbocycles.